The molecule has 1 heterocycles. The van der Waals surface area contributed by atoms with Crippen molar-refractivity contribution in [1.82, 2.24) is 5.32 Å². The van der Waals surface area contributed by atoms with Gasteiger partial charge in [0.25, 0.3) is 0 Å². The fraction of sp³-hybridized carbons (Fsp3) is 0.200. The zero-order valence-corrected chi connectivity index (χ0v) is 9.35. The smallest absolute Gasteiger partial charge is 0.245 e. The Kier molecular flexibility index (Phi) is 2.86. The van der Waals surface area contributed by atoms with Gasteiger partial charge >= 0.3 is 0 Å². The van der Waals surface area contributed by atoms with Crippen LogP contribution >= 0.6 is 23.2 Å². The molecule has 2 amide bonds. The fourth-order valence-corrected chi connectivity index (χ4v) is 2.09. The van der Waals surface area contributed by atoms with Gasteiger partial charge in [-0.15, -0.1) is 11.6 Å². The number of hydrogen-bond donors (Lipinski definition) is 1. The van der Waals surface area contributed by atoms with E-state index in [1.54, 1.807) is 0 Å². The summed E-state index contributed by atoms with van der Waals surface area (Å²) in [6.45, 7) is 0. The Hall–Kier alpha value is -1.13. The van der Waals surface area contributed by atoms with E-state index in [1.807, 2.05) is 5.32 Å². The van der Waals surface area contributed by atoms with Crippen LogP contribution in [-0.4, -0.2) is 17.2 Å². The van der Waals surface area contributed by atoms with Gasteiger partial charge in [-0.05, 0) is 18.2 Å². The van der Waals surface area contributed by atoms with Crippen molar-refractivity contribution in [3.05, 3.63) is 34.6 Å². The number of halogens is 3. The first-order valence-electron chi connectivity index (χ1n) is 4.44. The van der Waals surface area contributed by atoms with Crippen molar-refractivity contribution in [2.75, 3.05) is 0 Å². The van der Waals surface area contributed by atoms with Gasteiger partial charge in [0.2, 0.25) is 11.8 Å². The van der Waals surface area contributed by atoms with E-state index in [4.69, 9.17) is 23.2 Å². The molecule has 1 N–H and O–H groups in total. The summed E-state index contributed by atoms with van der Waals surface area (Å²) in [7, 11) is 0. The molecule has 16 heavy (non-hydrogen) atoms. The highest BCUT2D eigenvalue weighted by atomic mass is 35.5. The number of amides is 2. The van der Waals surface area contributed by atoms with Crippen molar-refractivity contribution < 1.29 is 14.0 Å². The number of hydrogen-bond acceptors (Lipinski definition) is 2. The average molecular weight is 262 g/mol. The van der Waals surface area contributed by atoms with Crippen molar-refractivity contribution in [2.45, 2.75) is 11.3 Å². The summed E-state index contributed by atoms with van der Waals surface area (Å²) in [5.74, 6) is -2.85. The van der Waals surface area contributed by atoms with Crippen LogP contribution in [0.3, 0.4) is 0 Å². The summed E-state index contributed by atoms with van der Waals surface area (Å²) in [5.41, 5.74) is 0.0378. The first kappa shape index (κ1) is 11.4. The van der Waals surface area contributed by atoms with Crippen LogP contribution in [0.4, 0.5) is 4.39 Å². The molecule has 2 atom stereocenters. The van der Waals surface area contributed by atoms with E-state index in [0.717, 1.165) is 6.07 Å². The molecular formula is C10H6Cl2FNO2. The second-order valence-corrected chi connectivity index (χ2v) is 4.31. The van der Waals surface area contributed by atoms with Gasteiger partial charge in [-0.2, -0.15) is 0 Å². The highest BCUT2D eigenvalue weighted by Crippen LogP contribution is 2.31. The van der Waals surface area contributed by atoms with E-state index in [2.05, 4.69) is 0 Å². The average Bonchev–Trinajstić information content (AvgIpc) is 2.46. The van der Waals surface area contributed by atoms with Crippen LogP contribution in [0.2, 0.25) is 5.02 Å². The topological polar surface area (TPSA) is 46.2 Å². The lowest BCUT2D eigenvalue weighted by Crippen LogP contribution is -2.22. The highest BCUT2D eigenvalue weighted by molar-refractivity contribution is 6.37. The molecule has 1 saturated heterocycles. The lowest BCUT2D eigenvalue weighted by molar-refractivity contribution is -0.125. The van der Waals surface area contributed by atoms with Crippen molar-refractivity contribution in [1.29, 1.82) is 0 Å². The van der Waals surface area contributed by atoms with Gasteiger partial charge in [-0.1, -0.05) is 11.6 Å². The van der Waals surface area contributed by atoms with Gasteiger partial charge in [0.1, 0.15) is 11.2 Å². The molecule has 1 aliphatic rings. The van der Waals surface area contributed by atoms with Gasteiger partial charge in [0.05, 0.1) is 5.92 Å². The number of imide groups is 1. The molecule has 1 fully saturated rings. The van der Waals surface area contributed by atoms with Crippen molar-refractivity contribution in [3.8, 4) is 0 Å². The molecule has 0 spiro atoms. The van der Waals surface area contributed by atoms with Crippen LogP contribution in [0.25, 0.3) is 0 Å². The quantitative estimate of drug-likeness (QED) is 0.620. The largest absolute Gasteiger partial charge is 0.295 e. The Morgan fingerprint density at radius 1 is 1.25 bits per heavy atom. The number of carbonyl (C=O) groups excluding carboxylic acids is 2. The minimum absolute atomic E-state index is 0.0378. The summed E-state index contributed by atoms with van der Waals surface area (Å²) in [4.78, 5) is 22.6. The van der Waals surface area contributed by atoms with Gasteiger partial charge in [0.15, 0.2) is 0 Å². The molecule has 1 aromatic rings. The third-order valence-corrected chi connectivity index (χ3v) is 3.05. The first-order valence-corrected chi connectivity index (χ1v) is 5.26. The summed E-state index contributed by atoms with van der Waals surface area (Å²) >= 11 is 11.4. The fourth-order valence-electron chi connectivity index (χ4n) is 1.60. The van der Waals surface area contributed by atoms with Crippen LogP contribution in [0, 0.1) is 5.82 Å². The first-order chi connectivity index (χ1) is 7.50. The van der Waals surface area contributed by atoms with Crippen LogP contribution in [0.1, 0.15) is 11.5 Å². The number of rotatable bonds is 1. The van der Waals surface area contributed by atoms with Gasteiger partial charge < -0.3 is 0 Å². The van der Waals surface area contributed by atoms with Gasteiger partial charge in [0, 0.05) is 10.6 Å². The summed E-state index contributed by atoms with van der Waals surface area (Å²) in [6, 6.07) is 3.80. The van der Waals surface area contributed by atoms with Crippen molar-refractivity contribution >= 4 is 35.0 Å². The molecule has 0 aliphatic carbocycles. The van der Waals surface area contributed by atoms with E-state index in [1.165, 1.54) is 12.1 Å². The molecule has 3 nitrogen and oxygen atoms in total. The van der Waals surface area contributed by atoms with Crippen LogP contribution < -0.4 is 5.32 Å². The summed E-state index contributed by atoms with van der Waals surface area (Å²) in [5, 5.41) is 1.23. The Labute approximate surface area is 101 Å². The maximum atomic E-state index is 13.5. The Balaban J connectivity index is 2.48. The van der Waals surface area contributed by atoms with Gasteiger partial charge in [-0.3, -0.25) is 14.9 Å². The SMILES string of the molecule is O=C1NC(=O)C(c2cc(Cl)ccc2F)C1Cl. The standard InChI is InChI=1S/C10H6Cl2FNO2/c11-4-1-2-6(13)5(3-4)7-8(12)10(16)14-9(7)15/h1-3,7-8H,(H,14,15,16). The van der Waals surface area contributed by atoms with E-state index in [9.17, 15) is 14.0 Å². The molecule has 2 rings (SSSR count). The third-order valence-electron chi connectivity index (χ3n) is 2.37. The zero-order chi connectivity index (χ0) is 11.9. The van der Waals surface area contributed by atoms with E-state index in [-0.39, 0.29) is 10.6 Å². The molecule has 6 heteroatoms. The molecule has 0 saturated carbocycles. The molecule has 1 aromatic carbocycles. The number of carbonyl (C=O) groups is 2. The molecular weight excluding hydrogens is 256 g/mol. The molecule has 1 aliphatic heterocycles. The highest BCUT2D eigenvalue weighted by Gasteiger charge is 2.42. The predicted octanol–water partition coefficient (Wildman–Crippen LogP) is 1.83. The Bertz CT molecular complexity index is 478. The van der Waals surface area contributed by atoms with E-state index >= 15 is 0 Å². The van der Waals surface area contributed by atoms with Crippen molar-refractivity contribution in [2.24, 2.45) is 0 Å². The molecule has 0 aromatic heterocycles. The lowest BCUT2D eigenvalue weighted by atomic mass is 9.97. The third kappa shape index (κ3) is 1.79. The number of benzene rings is 1. The van der Waals surface area contributed by atoms with E-state index < -0.39 is 28.9 Å². The maximum absolute atomic E-state index is 13.5. The minimum Gasteiger partial charge on any atom is -0.295 e. The molecule has 0 radical (unpaired) electrons. The monoisotopic (exact) mass is 261 g/mol. The van der Waals surface area contributed by atoms with E-state index in [0.29, 0.717) is 0 Å². The Morgan fingerprint density at radius 2 is 1.94 bits per heavy atom. The normalized spacial score (nSPS) is 24.7. The summed E-state index contributed by atoms with van der Waals surface area (Å²) in [6.07, 6.45) is 0. The second-order valence-electron chi connectivity index (χ2n) is 3.40. The Morgan fingerprint density at radius 3 is 2.50 bits per heavy atom. The molecule has 84 valence electrons. The van der Waals surface area contributed by atoms with Crippen LogP contribution in [0.15, 0.2) is 18.2 Å². The number of alkyl halides is 1. The lowest BCUT2D eigenvalue weighted by Gasteiger charge is -2.11. The van der Waals surface area contributed by atoms with Crippen LogP contribution in [0.5, 0.6) is 0 Å². The van der Waals surface area contributed by atoms with Gasteiger partial charge in [-0.25, -0.2) is 4.39 Å². The van der Waals surface area contributed by atoms with Crippen LogP contribution in [-0.2, 0) is 9.59 Å². The maximum Gasteiger partial charge on any atom is 0.245 e. The van der Waals surface area contributed by atoms with Crippen molar-refractivity contribution in [3.63, 3.8) is 0 Å². The predicted molar refractivity (Wildman–Crippen MR) is 56.9 cm³/mol. The molecule has 0 bridgehead atoms. The number of nitrogens with one attached hydrogen (secondary N) is 1. The molecule has 2 unspecified atom stereocenters. The second kappa shape index (κ2) is 4.03. The summed E-state index contributed by atoms with van der Waals surface area (Å²) < 4.78 is 13.5. The minimum atomic E-state index is -1.10. The zero-order valence-electron chi connectivity index (χ0n) is 7.84.